The highest BCUT2D eigenvalue weighted by atomic mass is 35.5. The SMILES string of the molecule is CCCCc1nc(Cl)c(CNCc2ccc(OCCCN3CCN(c4ccccc4OC)CC3)cc2)n1Cc1ccc(-c2ccccc2C(=O)OCC)cc1. The number of aryl methyl sites for hydroxylation is 1. The van der Waals surface area contributed by atoms with Gasteiger partial charge in [-0.25, -0.2) is 9.78 Å². The number of piperazine rings is 1. The third-order valence-corrected chi connectivity index (χ3v) is 10.4. The van der Waals surface area contributed by atoms with E-state index in [9.17, 15) is 4.79 Å². The lowest BCUT2D eigenvalue weighted by Gasteiger charge is -2.36. The standard InChI is InChI=1S/C45H54ClN5O4/c1-4-6-16-43-48-44(46)41(51(43)33-35-17-21-36(22-18-35)38-12-7-8-13-39(38)45(52)54-5-2)32-47-31-34-19-23-37(24-20-34)55-30-11-25-49-26-28-50(29-27-49)40-14-9-10-15-42(40)53-3/h7-10,12-15,17-24,47H,4-6,11,16,25-33H2,1-3H3. The van der Waals surface area contributed by atoms with Crippen molar-refractivity contribution in [1.29, 1.82) is 0 Å². The van der Waals surface area contributed by atoms with Crippen molar-refractivity contribution in [3.05, 3.63) is 130 Å². The molecule has 0 saturated carbocycles. The molecular formula is C45H54ClN5O4. The lowest BCUT2D eigenvalue weighted by molar-refractivity contribution is 0.0527. The van der Waals surface area contributed by atoms with Gasteiger partial charge in [-0.1, -0.05) is 91.7 Å². The topological polar surface area (TPSA) is 81.1 Å². The maximum absolute atomic E-state index is 12.6. The third-order valence-electron chi connectivity index (χ3n) is 10.1. The van der Waals surface area contributed by atoms with E-state index < -0.39 is 0 Å². The molecule has 55 heavy (non-hydrogen) atoms. The van der Waals surface area contributed by atoms with E-state index >= 15 is 0 Å². The molecule has 0 aliphatic carbocycles. The summed E-state index contributed by atoms with van der Waals surface area (Å²) in [5.41, 5.74) is 6.85. The van der Waals surface area contributed by atoms with Crippen molar-refractivity contribution in [3.63, 3.8) is 0 Å². The van der Waals surface area contributed by atoms with Gasteiger partial charge in [0, 0.05) is 58.8 Å². The van der Waals surface area contributed by atoms with E-state index in [1.54, 1.807) is 7.11 Å². The maximum Gasteiger partial charge on any atom is 0.338 e. The Bertz CT molecular complexity index is 1960. The van der Waals surface area contributed by atoms with Crippen molar-refractivity contribution in [2.75, 3.05) is 57.9 Å². The molecule has 0 spiro atoms. The predicted octanol–water partition coefficient (Wildman–Crippen LogP) is 8.66. The van der Waals surface area contributed by atoms with E-state index in [0.29, 0.717) is 43.6 Å². The molecule has 9 nitrogen and oxygen atoms in total. The quantitative estimate of drug-likeness (QED) is 0.0662. The number of rotatable bonds is 19. The fraction of sp³-hybridized carbons (Fsp3) is 0.378. The van der Waals surface area contributed by atoms with Crippen molar-refractivity contribution in [3.8, 4) is 22.6 Å². The molecule has 10 heteroatoms. The van der Waals surface area contributed by atoms with Crippen LogP contribution in [0.25, 0.3) is 11.1 Å². The van der Waals surface area contributed by atoms with Crippen LogP contribution in [-0.4, -0.2) is 73.5 Å². The Morgan fingerprint density at radius 3 is 2.31 bits per heavy atom. The number of methoxy groups -OCH3 is 1. The normalized spacial score (nSPS) is 13.2. The molecule has 0 amide bonds. The summed E-state index contributed by atoms with van der Waals surface area (Å²) in [6, 6.07) is 32.5. The molecule has 1 aliphatic heterocycles. The molecule has 0 radical (unpaired) electrons. The summed E-state index contributed by atoms with van der Waals surface area (Å²) < 4.78 is 19.2. The van der Waals surface area contributed by atoms with Crippen molar-refractivity contribution >= 4 is 23.3 Å². The highest BCUT2D eigenvalue weighted by molar-refractivity contribution is 6.30. The van der Waals surface area contributed by atoms with Gasteiger partial charge in [0.05, 0.1) is 37.3 Å². The Kier molecular flexibility index (Phi) is 14.6. The van der Waals surface area contributed by atoms with Gasteiger partial charge in [0.2, 0.25) is 0 Å². The third kappa shape index (κ3) is 10.7. The molecule has 0 unspecified atom stereocenters. The van der Waals surface area contributed by atoms with Gasteiger partial charge in [0.15, 0.2) is 5.15 Å². The molecular weight excluding hydrogens is 710 g/mol. The van der Waals surface area contributed by atoms with Gasteiger partial charge in [-0.2, -0.15) is 0 Å². The summed E-state index contributed by atoms with van der Waals surface area (Å²) in [6.45, 7) is 12.1. The number of benzene rings is 4. The number of anilines is 1. The minimum atomic E-state index is -0.310. The van der Waals surface area contributed by atoms with E-state index in [1.165, 1.54) is 11.3 Å². The Hall–Kier alpha value is -4.83. The first-order valence-corrected chi connectivity index (χ1v) is 20.0. The smallest absolute Gasteiger partial charge is 0.338 e. The summed E-state index contributed by atoms with van der Waals surface area (Å²) in [7, 11) is 1.74. The molecule has 0 atom stereocenters. The van der Waals surface area contributed by atoms with Gasteiger partial charge in [0.25, 0.3) is 0 Å². The van der Waals surface area contributed by atoms with Gasteiger partial charge in [-0.3, -0.25) is 4.90 Å². The van der Waals surface area contributed by atoms with Crippen LogP contribution in [0.5, 0.6) is 11.5 Å². The lowest BCUT2D eigenvalue weighted by atomic mass is 9.98. The average Bonchev–Trinajstić information content (AvgIpc) is 3.52. The number of hydrogen-bond donors (Lipinski definition) is 1. The summed E-state index contributed by atoms with van der Waals surface area (Å²) in [6.07, 6.45) is 3.97. The minimum absolute atomic E-state index is 0.310. The fourth-order valence-corrected chi connectivity index (χ4v) is 7.36. The van der Waals surface area contributed by atoms with E-state index in [-0.39, 0.29) is 5.97 Å². The molecule has 4 aromatic carbocycles. The van der Waals surface area contributed by atoms with Crippen molar-refractivity contribution in [2.24, 2.45) is 0 Å². The van der Waals surface area contributed by atoms with Crippen LogP contribution >= 0.6 is 11.6 Å². The average molecular weight is 764 g/mol. The molecule has 290 valence electrons. The van der Waals surface area contributed by atoms with E-state index in [2.05, 4.69) is 87.3 Å². The highest BCUT2D eigenvalue weighted by Crippen LogP contribution is 2.29. The number of nitrogens with zero attached hydrogens (tertiary/aromatic N) is 4. The number of ether oxygens (including phenoxy) is 3. The van der Waals surface area contributed by atoms with Crippen molar-refractivity contribution in [2.45, 2.75) is 59.2 Å². The lowest BCUT2D eigenvalue weighted by Crippen LogP contribution is -2.46. The Balaban J connectivity index is 0.983. The summed E-state index contributed by atoms with van der Waals surface area (Å²) in [5.74, 6) is 2.51. The van der Waals surface area contributed by atoms with Crippen LogP contribution in [0, 0.1) is 0 Å². The first kappa shape index (κ1) is 39.9. The van der Waals surface area contributed by atoms with Crippen LogP contribution in [0.1, 0.15) is 66.1 Å². The monoisotopic (exact) mass is 763 g/mol. The number of para-hydroxylation sites is 2. The molecule has 0 bridgehead atoms. The molecule has 6 rings (SSSR count). The zero-order valence-corrected chi connectivity index (χ0v) is 33.2. The first-order valence-electron chi connectivity index (χ1n) is 19.6. The molecule has 1 aliphatic rings. The van der Waals surface area contributed by atoms with E-state index in [0.717, 1.165) is 98.1 Å². The zero-order valence-electron chi connectivity index (χ0n) is 32.4. The molecule has 1 aromatic heterocycles. The number of aromatic nitrogens is 2. The number of carbonyl (C=O) groups is 1. The van der Waals surface area contributed by atoms with E-state index in [1.807, 2.05) is 43.3 Å². The summed E-state index contributed by atoms with van der Waals surface area (Å²) >= 11 is 6.79. The highest BCUT2D eigenvalue weighted by Gasteiger charge is 2.20. The second-order valence-corrected chi connectivity index (χ2v) is 14.2. The van der Waals surface area contributed by atoms with Crippen LogP contribution in [0.2, 0.25) is 5.15 Å². The number of nitrogens with one attached hydrogen (secondary N) is 1. The number of esters is 1. The van der Waals surface area contributed by atoms with Crippen molar-refractivity contribution < 1.29 is 19.0 Å². The molecule has 1 saturated heterocycles. The van der Waals surface area contributed by atoms with Gasteiger partial charge < -0.3 is 29.0 Å². The molecule has 5 aromatic rings. The molecule has 1 N–H and O–H groups in total. The molecule has 2 heterocycles. The van der Waals surface area contributed by atoms with E-state index in [4.69, 9.17) is 30.8 Å². The van der Waals surface area contributed by atoms with Gasteiger partial charge in [-0.15, -0.1) is 0 Å². The number of hydrogen-bond acceptors (Lipinski definition) is 8. The van der Waals surface area contributed by atoms with Crippen LogP contribution in [0.15, 0.2) is 97.1 Å². The fourth-order valence-electron chi connectivity index (χ4n) is 7.09. The minimum Gasteiger partial charge on any atom is -0.495 e. The summed E-state index contributed by atoms with van der Waals surface area (Å²) in [5, 5.41) is 4.14. The Morgan fingerprint density at radius 2 is 1.56 bits per heavy atom. The maximum atomic E-state index is 12.6. The second kappa shape index (κ2) is 20.2. The molecule has 1 fully saturated rings. The number of imidazole rings is 1. The van der Waals surface area contributed by atoms with Crippen LogP contribution in [0.4, 0.5) is 5.69 Å². The number of unbranched alkanes of at least 4 members (excludes halogenated alkanes) is 1. The zero-order chi connectivity index (χ0) is 38.4. The van der Waals surface area contributed by atoms with Crippen LogP contribution < -0.4 is 19.7 Å². The van der Waals surface area contributed by atoms with Gasteiger partial charge in [-0.05, 0) is 72.4 Å². The van der Waals surface area contributed by atoms with Gasteiger partial charge in [0.1, 0.15) is 17.3 Å². The van der Waals surface area contributed by atoms with Crippen LogP contribution in [-0.2, 0) is 30.8 Å². The number of halogens is 1. The summed E-state index contributed by atoms with van der Waals surface area (Å²) in [4.78, 5) is 22.3. The second-order valence-electron chi connectivity index (χ2n) is 13.9. The first-order chi connectivity index (χ1) is 27.0. The van der Waals surface area contributed by atoms with Gasteiger partial charge >= 0.3 is 5.97 Å². The predicted molar refractivity (Wildman–Crippen MR) is 222 cm³/mol. The van der Waals surface area contributed by atoms with Crippen molar-refractivity contribution in [1.82, 2.24) is 19.8 Å². The number of carbonyl (C=O) groups excluding carboxylic acids is 1. The van der Waals surface area contributed by atoms with Crippen LogP contribution in [0.3, 0.4) is 0 Å². The Labute approximate surface area is 331 Å². The largest absolute Gasteiger partial charge is 0.495 e. The Morgan fingerprint density at radius 1 is 0.836 bits per heavy atom.